The number of aliphatic hydroxyl groups is 1. The van der Waals surface area contributed by atoms with Crippen LogP contribution in [0.5, 0.6) is 0 Å². The van der Waals surface area contributed by atoms with E-state index in [4.69, 9.17) is 0 Å². The summed E-state index contributed by atoms with van der Waals surface area (Å²) in [5.74, 6) is 0.270. The molecule has 2 atom stereocenters. The molecule has 4 rings (SSSR count). The lowest BCUT2D eigenvalue weighted by Gasteiger charge is -2.43. The van der Waals surface area contributed by atoms with E-state index >= 15 is 0 Å². The van der Waals surface area contributed by atoms with Gasteiger partial charge in [0.1, 0.15) is 11.4 Å². The van der Waals surface area contributed by atoms with Crippen LogP contribution in [-0.4, -0.2) is 44.1 Å². The van der Waals surface area contributed by atoms with E-state index in [2.05, 4.69) is 15.2 Å². The molecule has 3 heterocycles. The van der Waals surface area contributed by atoms with Crippen molar-refractivity contribution in [2.45, 2.75) is 49.5 Å². The SMILES string of the molecule is Cn1ccnc1C1(O)CC2CCC(C1)N2CC(=O)Nc1cccc(C(F)(F)F)c1. The van der Waals surface area contributed by atoms with Gasteiger partial charge >= 0.3 is 6.18 Å². The van der Waals surface area contributed by atoms with Gasteiger partial charge < -0.3 is 15.0 Å². The van der Waals surface area contributed by atoms with E-state index in [0.717, 1.165) is 25.0 Å². The number of halogens is 3. The van der Waals surface area contributed by atoms with E-state index in [9.17, 15) is 23.1 Å². The highest BCUT2D eigenvalue weighted by Crippen LogP contribution is 2.45. The Morgan fingerprint density at radius 3 is 2.59 bits per heavy atom. The van der Waals surface area contributed by atoms with Gasteiger partial charge in [0.2, 0.25) is 5.91 Å². The molecule has 2 bridgehead atoms. The molecule has 0 spiro atoms. The first kappa shape index (κ1) is 19.9. The summed E-state index contributed by atoms with van der Waals surface area (Å²) >= 11 is 0. The van der Waals surface area contributed by atoms with Gasteiger partial charge in [-0.15, -0.1) is 0 Å². The second-order valence-corrected chi connectivity index (χ2v) is 7.99. The smallest absolute Gasteiger partial charge is 0.382 e. The van der Waals surface area contributed by atoms with Gasteiger partial charge in [0.05, 0.1) is 12.1 Å². The minimum atomic E-state index is -4.46. The van der Waals surface area contributed by atoms with Crippen molar-refractivity contribution in [2.75, 3.05) is 11.9 Å². The number of rotatable bonds is 4. The van der Waals surface area contributed by atoms with E-state index in [0.29, 0.717) is 18.7 Å². The number of piperidine rings is 1. The molecule has 2 N–H and O–H groups in total. The highest BCUT2D eigenvalue weighted by atomic mass is 19.4. The number of hydrogen-bond acceptors (Lipinski definition) is 4. The average molecular weight is 408 g/mol. The summed E-state index contributed by atoms with van der Waals surface area (Å²) in [6, 6.07) is 4.68. The number of fused-ring (bicyclic) bond motifs is 2. The molecule has 2 unspecified atom stereocenters. The Labute approximate surface area is 166 Å². The van der Waals surface area contributed by atoms with Crippen LogP contribution in [-0.2, 0) is 23.6 Å². The molecule has 2 aromatic rings. The number of carbonyl (C=O) groups excluding carboxylic acids is 1. The zero-order chi connectivity index (χ0) is 20.8. The first-order valence-corrected chi connectivity index (χ1v) is 9.59. The first-order valence-electron chi connectivity index (χ1n) is 9.59. The standard InChI is InChI=1S/C20H23F3N4O2/c1-26-8-7-24-18(26)19(29)10-15-5-6-16(11-19)27(15)12-17(28)25-14-4-2-3-13(9-14)20(21,22)23/h2-4,7-9,15-16,29H,5-6,10-12H2,1H3,(H,25,28). The lowest BCUT2D eigenvalue weighted by Crippen LogP contribution is -2.52. The maximum absolute atomic E-state index is 12.9. The van der Waals surface area contributed by atoms with Gasteiger partial charge in [0, 0.05) is 37.2 Å². The molecule has 9 heteroatoms. The summed E-state index contributed by atoms with van der Waals surface area (Å²) in [4.78, 5) is 18.8. The Morgan fingerprint density at radius 1 is 1.31 bits per heavy atom. The van der Waals surface area contributed by atoms with Crippen LogP contribution in [0.25, 0.3) is 0 Å². The van der Waals surface area contributed by atoms with Gasteiger partial charge in [0.15, 0.2) is 0 Å². The monoisotopic (exact) mass is 408 g/mol. The molecule has 1 amide bonds. The topological polar surface area (TPSA) is 70.4 Å². The van der Waals surface area contributed by atoms with Crippen LogP contribution in [0.3, 0.4) is 0 Å². The number of alkyl halides is 3. The van der Waals surface area contributed by atoms with E-state index in [1.807, 2.05) is 11.6 Å². The largest absolute Gasteiger partial charge is 0.416 e. The predicted molar refractivity (Wildman–Crippen MR) is 99.9 cm³/mol. The highest BCUT2D eigenvalue weighted by molar-refractivity contribution is 5.92. The number of carbonyl (C=O) groups is 1. The van der Waals surface area contributed by atoms with Gasteiger partial charge in [-0.2, -0.15) is 13.2 Å². The van der Waals surface area contributed by atoms with E-state index < -0.39 is 17.3 Å². The first-order chi connectivity index (χ1) is 13.7. The Kier molecular flexibility index (Phi) is 4.90. The molecule has 0 radical (unpaired) electrons. The zero-order valence-corrected chi connectivity index (χ0v) is 16.0. The Hall–Kier alpha value is -2.39. The number of anilines is 1. The Bertz CT molecular complexity index is 897. The lowest BCUT2D eigenvalue weighted by molar-refractivity contribution is -0.137. The van der Waals surface area contributed by atoms with Crippen molar-refractivity contribution in [2.24, 2.45) is 7.05 Å². The fourth-order valence-electron chi connectivity index (χ4n) is 4.71. The van der Waals surface area contributed by atoms with Gasteiger partial charge in [-0.05, 0) is 43.9 Å². The molecular formula is C20H23F3N4O2. The van der Waals surface area contributed by atoms with Gasteiger partial charge in [-0.1, -0.05) is 6.07 Å². The highest BCUT2D eigenvalue weighted by Gasteiger charge is 2.50. The molecule has 6 nitrogen and oxygen atoms in total. The molecule has 2 aliphatic heterocycles. The number of imidazole rings is 1. The van der Waals surface area contributed by atoms with E-state index in [-0.39, 0.29) is 30.2 Å². The Balaban J connectivity index is 1.42. The minimum Gasteiger partial charge on any atom is -0.382 e. The van der Waals surface area contributed by atoms with Crippen LogP contribution >= 0.6 is 0 Å². The van der Waals surface area contributed by atoms with Gasteiger partial charge in [-0.3, -0.25) is 9.69 Å². The van der Waals surface area contributed by atoms with Crippen molar-refractivity contribution in [3.63, 3.8) is 0 Å². The number of nitrogens with one attached hydrogen (secondary N) is 1. The maximum Gasteiger partial charge on any atom is 0.416 e. The van der Waals surface area contributed by atoms with E-state index in [1.54, 1.807) is 12.4 Å². The van der Waals surface area contributed by atoms with Crippen molar-refractivity contribution >= 4 is 11.6 Å². The van der Waals surface area contributed by atoms with Crippen molar-refractivity contribution in [3.05, 3.63) is 48.0 Å². The molecule has 2 fully saturated rings. The summed E-state index contributed by atoms with van der Waals surface area (Å²) in [7, 11) is 1.84. The molecule has 1 aromatic carbocycles. The molecular weight excluding hydrogens is 385 g/mol. The average Bonchev–Trinajstić information content (AvgIpc) is 3.17. The molecule has 2 saturated heterocycles. The number of amides is 1. The van der Waals surface area contributed by atoms with Crippen LogP contribution in [0, 0.1) is 0 Å². The van der Waals surface area contributed by atoms with Gasteiger partial charge in [0.25, 0.3) is 0 Å². The third-order valence-corrected chi connectivity index (χ3v) is 5.96. The summed E-state index contributed by atoms with van der Waals surface area (Å²) in [5, 5.41) is 13.7. The summed E-state index contributed by atoms with van der Waals surface area (Å²) in [6.07, 6.45) is 1.69. The van der Waals surface area contributed by atoms with Crippen LogP contribution in [0.1, 0.15) is 37.1 Å². The summed E-state index contributed by atoms with van der Waals surface area (Å²) in [5.41, 5.74) is -1.70. The fraction of sp³-hybridized carbons (Fsp3) is 0.500. The van der Waals surface area contributed by atoms with Crippen molar-refractivity contribution in [3.8, 4) is 0 Å². The Morgan fingerprint density at radius 2 is 2.00 bits per heavy atom. The molecule has 0 saturated carbocycles. The second kappa shape index (κ2) is 7.14. The summed E-state index contributed by atoms with van der Waals surface area (Å²) < 4.78 is 40.4. The normalized spacial score (nSPS) is 27.2. The van der Waals surface area contributed by atoms with Crippen molar-refractivity contribution < 1.29 is 23.1 Å². The molecule has 29 heavy (non-hydrogen) atoms. The van der Waals surface area contributed by atoms with Crippen LogP contribution in [0.2, 0.25) is 0 Å². The molecule has 156 valence electrons. The maximum atomic E-state index is 12.9. The molecule has 2 aliphatic rings. The van der Waals surface area contributed by atoms with Crippen LogP contribution in [0.4, 0.5) is 18.9 Å². The second-order valence-electron chi connectivity index (χ2n) is 7.99. The quantitative estimate of drug-likeness (QED) is 0.816. The van der Waals surface area contributed by atoms with Crippen molar-refractivity contribution in [1.82, 2.24) is 14.5 Å². The van der Waals surface area contributed by atoms with E-state index in [1.165, 1.54) is 12.1 Å². The number of nitrogens with zero attached hydrogens (tertiary/aromatic N) is 3. The molecule has 0 aliphatic carbocycles. The fourth-order valence-corrected chi connectivity index (χ4v) is 4.71. The number of aryl methyl sites for hydroxylation is 1. The predicted octanol–water partition coefficient (Wildman–Crippen LogP) is 2.89. The van der Waals surface area contributed by atoms with Crippen molar-refractivity contribution in [1.29, 1.82) is 0 Å². The zero-order valence-electron chi connectivity index (χ0n) is 16.0. The third kappa shape index (κ3) is 3.89. The lowest BCUT2D eigenvalue weighted by atomic mass is 9.85. The summed E-state index contributed by atoms with van der Waals surface area (Å²) in [6.45, 7) is 0.0855. The van der Waals surface area contributed by atoms with Crippen LogP contribution in [0.15, 0.2) is 36.7 Å². The number of aromatic nitrogens is 2. The third-order valence-electron chi connectivity index (χ3n) is 5.96. The molecule has 1 aromatic heterocycles. The van der Waals surface area contributed by atoms with Crippen LogP contribution < -0.4 is 5.32 Å². The number of benzene rings is 1. The minimum absolute atomic E-state index is 0.0303. The number of hydrogen-bond donors (Lipinski definition) is 2. The van der Waals surface area contributed by atoms with Gasteiger partial charge in [-0.25, -0.2) is 4.98 Å².